The number of aryl methyl sites for hydroxylation is 1. The van der Waals surface area contributed by atoms with Crippen molar-refractivity contribution in [1.29, 1.82) is 0 Å². The molecular formula is C54H46IrN4OSi-2. The van der Waals surface area contributed by atoms with Crippen LogP contribution >= 0.6 is 0 Å². The fourth-order valence-corrected chi connectivity index (χ4v) is 9.54. The Bertz CT molecular complexity index is 3110. The van der Waals surface area contributed by atoms with Gasteiger partial charge in [-0.1, -0.05) is 147 Å². The van der Waals surface area contributed by atoms with Crippen LogP contribution in [0, 0.1) is 19.1 Å². The molecule has 10 rings (SSSR count). The molecule has 5 nitrogen and oxygen atoms in total. The first-order valence-corrected chi connectivity index (χ1v) is 23.9. The number of rotatable bonds is 7. The van der Waals surface area contributed by atoms with E-state index >= 15 is 0 Å². The number of para-hydroxylation sites is 3. The molecule has 4 aromatic heterocycles. The summed E-state index contributed by atoms with van der Waals surface area (Å²) < 4.78 is 17.2. The molecular weight excluding hydrogens is 941 g/mol. The minimum Gasteiger partial charge on any atom is -0.486 e. The van der Waals surface area contributed by atoms with E-state index in [2.05, 4.69) is 156 Å². The summed E-state index contributed by atoms with van der Waals surface area (Å²) in [5.41, 5.74) is 13.5. The minimum atomic E-state index is -1.50. The van der Waals surface area contributed by atoms with Gasteiger partial charge in [0.1, 0.15) is 0 Å². The zero-order valence-electron chi connectivity index (χ0n) is 36.1. The van der Waals surface area contributed by atoms with Gasteiger partial charge in [0.25, 0.3) is 0 Å². The van der Waals surface area contributed by atoms with Crippen LogP contribution in [0.1, 0.15) is 32.4 Å². The summed E-state index contributed by atoms with van der Waals surface area (Å²) in [6.07, 6.45) is 1.98. The van der Waals surface area contributed by atoms with Gasteiger partial charge >= 0.3 is 0 Å². The quantitative estimate of drug-likeness (QED) is 0.118. The van der Waals surface area contributed by atoms with Crippen LogP contribution in [0.25, 0.3) is 83.7 Å². The Morgan fingerprint density at radius 1 is 0.689 bits per heavy atom. The second kappa shape index (κ2) is 17.4. The zero-order valence-corrected chi connectivity index (χ0v) is 38.5. The van der Waals surface area contributed by atoms with Gasteiger partial charge in [0.2, 0.25) is 5.71 Å². The number of imidazole rings is 1. The Labute approximate surface area is 374 Å². The summed E-state index contributed by atoms with van der Waals surface area (Å²) in [7, 11) is -1.50. The standard InChI is InChI=1S/C37H24N3O.C17H22NSi.Ir/c1-24-22-23-30-29-18-11-19-31(35(29)41-37(30)38-24)36-39-32-20-8-9-21-33(32)40(36)34-27(25-12-4-2-5-13-25)16-10-17-28(34)26-14-6-3-7-15-26;1-13(2)15-11-16(14-9-7-6-8-10-14)18-12-17(15)19(3,4)5;/h2-18,20-23H,1H3;6-9,11-13H,1-5H3;/q2*-1;/i;13D;. The van der Waals surface area contributed by atoms with Crippen molar-refractivity contribution >= 4 is 46.4 Å². The van der Waals surface area contributed by atoms with E-state index < -0.39 is 14.0 Å². The topological polar surface area (TPSA) is 56.7 Å². The Morgan fingerprint density at radius 2 is 1.36 bits per heavy atom. The van der Waals surface area contributed by atoms with Gasteiger partial charge in [-0.3, -0.25) is 4.98 Å². The molecule has 7 heteroatoms. The molecule has 0 aliphatic carbocycles. The average Bonchev–Trinajstić information content (AvgIpc) is 3.84. The molecule has 4 heterocycles. The summed E-state index contributed by atoms with van der Waals surface area (Å²) in [4.78, 5) is 14.5. The first-order chi connectivity index (χ1) is 29.5. The van der Waals surface area contributed by atoms with Crippen molar-refractivity contribution in [3.8, 4) is 50.6 Å². The Kier molecular flexibility index (Phi) is 11.5. The van der Waals surface area contributed by atoms with Crippen molar-refractivity contribution in [3.63, 3.8) is 0 Å². The SMILES string of the molecule is Cc1ccc2c(n1)oc1c(-c3nc4ccccc4n3-c3c(-c4ccccc4)cccc3-c3ccccc3)[c-]ccc12.[2H]C(C)(C)c1cc(-c2[c-]cccc2)ncc1[Si](C)(C)C.[Ir]. The van der Waals surface area contributed by atoms with E-state index in [0.29, 0.717) is 5.71 Å². The number of aromatic nitrogens is 4. The molecule has 1 radical (unpaired) electrons. The fourth-order valence-electron chi connectivity index (χ4n) is 7.95. The number of benzene rings is 6. The molecule has 10 aromatic rings. The van der Waals surface area contributed by atoms with Crippen LogP contribution in [0.3, 0.4) is 0 Å². The van der Waals surface area contributed by atoms with Crippen molar-refractivity contribution in [1.82, 2.24) is 19.5 Å². The molecule has 0 saturated carbocycles. The third kappa shape index (κ3) is 8.17. The summed E-state index contributed by atoms with van der Waals surface area (Å²) in [5, 5.41) is 3.26. The summed E-state index contributed by atoms with van der Waals surface area (Å²) >= 11 is 0. The molecule has 0 bridgehead atoms. The van der Waals surface area contributed by atoms with Crippen LogP contribution in [0.15, 0.2) is 168 Å². The number of furan rings is 1. The van der Waals surface area contributed by atoms with E-state index in [1.807, 2.05) is 75.5 Å². The Hall–Kier alpha value is -6.24. The van der Waals surface area contributed by atoms with E-state index in [4.69, 9.17) is 10.8 Å². The van der Waals surface area contributed by atoms with Gasteiger partial charge in [-0.25, -0.2) is 4.98 Å². The minimum absolute atomic E-state index is 0. The van der Waals surface area contributed by atoms with Gasteiger partial charge in [0.15, 0.2) is 0 Å². The predicted molar refractivity (Wildman–Crippen MR) is 252 cm³/mol. The Balaban J connectivity index is 0.000000214. The summed E-state index contributed by atoms with van der Waals surface area (Å²) in [5.74, 6) is 0.162. The van der Waals surface area contributed by atoms with Crippen LogP contribution < -0.4 is 5.19 Å². The van der Waals surface area contributed by atoms with Crippen LogP contribution in [0.5, 0.6) is 0 Å². The van der Waals surface area contributed by atoms with Crippen LogP contribution in [-0.4, -0.2) is 27.6 Å². The number of hydrogen-bond donors (Lipinski definition) is 0. The second-order valence-corrected chi connectivity index (χ2v) is 21.4. The molecule has 61 heavy (non-hydrogen) atoms. The van der Waals surface area contributed by atoms with Gasteiger partial charge in [0.05, 0.1) is 36.2 Å². The van der Waals surface area contributed by atoms with Gasteiger partial charge in [0, 0.05) is 49.9 Å². The van der Waals surface area contributed by atoms with Crippen molar-refractivity contribution in [2.24, 2.45) is 0 Å². The van der Waals surface area contributed by atoms with Crippen molar-refractivity contribution < 1.29 is 25.9 Å². The van der Waals surface area contributed by atoms with Crippen molar-refractivity contribution in [2.45, 2.75) is 46.3 Å². The van der Waals surface area contributed by atoms with E-state index in [-0.39, 0.29) is 20.1 Å². The monoisotopic (exact) mass is 988 g/mol. The third-order valence-corrected chi connectivity index (χ3v) is 12.9. The molecule has 0 spiro atoms. The largest absolute Gasteiger partial charge is 0.486 e. The maximum Gasteiger partial charge on any atom is 0.216 e. The van der Waals surface area contributed by atoms with Crippen LogP contribution in [0.4, 0.5) is 0 Å². The number of hydrogen-bond acceptors (Lipinski definition) is 4. The van der Waals surface area contributed by atoms with E-state index in [1.165, 1.54) is 5.19 Å². The second-order valence-electron chi connectivity index (χ2n) is 16.3. The van der Waals surface area contributed by atoms with Crippen LogP contribution in [-0.2, 0) is 20.1 Å². The molecule has 0 amide bonds. The van der Waals surface area contributed by atoms with Gasteiger partial charge < -0.3 is 14.0 Å². The number of nitrogens with zero attached hydrogens (tertiary/aromatic N) is 4. The van der Waals surface area contributed by atoms with Crippen molar-refractivity contribution in [3.05, 3.63) is 187 Å². The van der Waals surface area contributed by atoms with Crippen LogP contribution in [0.2, 0.25) is 19.6 Å². The molecule has 0 aliphatic rings. The zero-order chi connectivity index (χ0) is 42.3. The molecule has 0 fully saturated rings. The molecule has 0 saturated heterocycles. The third-order valence-electron chi connectivity index (χ3n) is 10.9. The van der Waals surface area contributed by atoms with E-state index in [1.54, 1.807) is 0 Å². The molecule has 0 unspecified atom stereocenters. The average molecular weight is 988 g/mol. The molecule has 303 valence electrons. The number of pyridine rings is 2. The normalized spacial score (nSPS) is 11.9. The first-order valence-electron chi connectivity index (χ1n) is 20.9. The van der Waals surface area contributed by atoms with Gasteiger partial charge in [-0.2, -0.15) is 0 Å². The van der Waals surface area contributed by atoms with E-state index in [0.717, 1.165) is 89.2 Å². The first kappa shape index (κ1) is 40.2. The van der Waals surface area contributed by atoms with Crippen molar-refractivity contribution in [2.75, 3.05) is 0 Å². The summed E-state index contributed by atoms with van der Waals surface area (Å²) in [6, 6.07) is 60.6. The number of fused-ring (bicyclic) bond motifs is 4. The maximum atomic E-state index is 8.44. The smallest absolute Gasteiger partial charge is 0.216 e. The Morgan fingerprint density at radius 3 is 2.02 bits per heavy atom. The molecule has 6 aromatic carbocycles. The fraction of sp³-hybridized carbons (Fsp3) is 0.130. The van der Waals surface area contributed by atoms with Gasteiger partial charge in [-0.15, -0.1) is 54.1 Å². The van der Waals surface area contributed by atoms with Gasteiger partial charge in [-0.05, 0) is 59.1 Å². The molecule has 0 atom stereocenters. The van der Waals surface area contributed by atoms with E-state index in [9.17, 15) is 0 Å². The molecule has 0 aliphatic heterocycles. The molecule has 0 N–H and O–H groups in total. The maximum absolute atomic E-state index is 8.44. The summed E-state index contributed by atoms with van der Waals surface area (Å²) in [6.45, 7) is 12.8. The predicted octanol–water partition coefficient (Wildman–Crippen LogP) is 13.6.